The fraction of sp³-hybridized carbons (Fsp3) is 0.500. The largest absolute Gasteiger partial charge is 0.495 e. The van der Waals surface area contributed by atoms with Crippen molar-refractivity contribution >= 4 is 12.6 Å². The fourth-order valence-corrected chi connectivity index (χ4v) is 1.59. The van der Waals surface area contributed by atoms with Crippen LogP contribution >= 0.6 is 0 Å². The highest BCUT2D eigenvalue weighted by Crippen LogP contribution is 2.54. The van der Waals surface area contributed by atoms with Crippen LogP contribution in [0, 0.1) is 0 Å². The highest BCUT2D eigenvalue weighted by Gasteiger charge is 2.60. The lowest BCUT2D eigenvalue weighted by Gasteiger charge is -2.10. The molecule has 0 aliphatic heterocycles. The molecule has 8 heteroatoms. The maximum Gasteiger partial charge on any atom is 0.495 e. The van der Waals surface area contributed by atoms with E-state index in [0.717, 1.165) is 6.33 Å². The molecule has 1 aromatic rings. The van der Waals surface area contributed by atoms with Crippen molar-refractivity contribution in [3.05, 3.63) is 12.0 Å². The quantitative estimate of drug-likeness (QED) is 0.670. The van der Waals surface area contributed by atoms with Gasteiger partial charge in [0.15, 0.2) is 0 Å². The molecule has 2 rings (SSSR count). The van der Waals surface area contributed by atoms with Gasteiger partial charge in [-0.3, -0.25) is 0 Å². The number of halogens is 2. The van der Waals surface area contributed by atoms with E-state index in [1.807, 2.05) is 0 Å². The van der Waals surface area contributed by atoms with Crippen LogP contribution in [0.1, 0.15) is 18.0 Å². The molecule has 0 aromatic carbocycles. The molecule has 16 heavy (non-hydrogen) atoms. The van der Waals surface area contributed by atoms with Crippen LogP contribution in [0.15, 0.2) is 6.33 Å². The first-order chi connectivity index (χ1) is 7.47. The van der Waals surface area contributed by atoms with E-state index in [9.17, 15) is 8.78 Å². The molecule has 1 aliphatic carbocycles. The monoisotopic (exact) mass is 230 g/mol. The highest BCUT2D eigenvalue weighted by molar-refractivity contribution is 6.60. The second kappa shape index (κ2) is 3.64. The first kappa shape index (κ1) is 11.2. The highest BCUT2D eigenvalue weighted by atomic mass is 19.3. The Balaban J connectivity index is 2.45. The van der Waals surface area contributed by atoms with Gasteiger partial charge in [0.05, 0.1) is 24.2 Å². The molecule has 0 amide bonds. The van der Waals surface area contributed by atoms with Crippen LogP contribution in [-0.2, 0) is 0 Å². The van der Waals surface area contributed by atoms with Gasteiger partial charge in [-0.15, -0.1) is 0 Å². The predicted molar refractivity (Wildman–Crippen MR) is 50.7 cm³/mol. The zero-order valence-corrected chi connectivity index (χ0v) is 8.39. The van der Waals surface area contributed by atoms with Crippen LogP contribution in [0.4, 0.5) is 8.78 Å². The van der Waals surface area contributed by atoms with E-state index in [4.69, 9.17) is 14.8 Å². The van der Waals surface area contributed by atoms with Gasteiger partial charge >= 0.3 is 7.12 Å². The molecule has 86 valence electrons. The number of alkyl halides is 2. The average molecular weight is 230 g/mol. The molecule has 0 saturated heterocycles. The second-order valence-corrected chi connectivity index (χ2v) is 3.57. The van der Waals surface area contributed by atoms with Gasteiger partial charge in [0, 0.05) is 6.42 Å². The van der Waals surface area contributed by atoms with E-state index < -0.39 is 19.0 Å². The van der Waals surface area contributed by atoms with E-state index in [2.05, 4.69) is 9.97 Å². The first-order valence-corrected chi connectivity index (χ1v) is 4.60. The molecule has 0 bridgehead atoms. The molecule has 1 aliphatic rings. The topological polar surface area (TPSA) is 75.5 Å². The third kappa shape index (κ3) is 1.74. The van der Waals surface area contributed by atoms with Gasteiger partial charge < -0.3 is 14.8 Å². The lowest BCUT2D eigenvalue weighted by molar-refractivity contribution is 0.111. The summed E-state index contributed by atoms with van der Waals surface area (Å²) in [5, 5.41) is 18.2. The second-order valence-electron chi connectivity index (χ2n) is 3.57. The SMILES string of the molecule is COc1ncnc(C2CC2(F)F)c1B(O)O. The summed E-state index contributed by atoms with van der Waals surface area (Å²) in [7, 11) is -0.661. The summed E-state index contributed by atoms with van der Waals surface area (Å²) < 4.78 is 30.6. The summed E-state index contributed by atoms with van der Waals surface area (Å²) in [5.41, 5.74) is -0.251. The average Bonchev–Trinajstić information content (AvgIpc) is 2.86. The van der Waals surface area contributed by atoms with Crippen LogP contribution in [0.5, 0.6) is 5.88 Å². The minimum Gasteiger partial charge on any atom is -0.481 e. The summed E-state index contributed by atoms with van der Waals surface area (Å²) in [6.45, 7) is 0. The maximum absolute atomic E-state index is 12.9. The fourth-order valence-electron chi connectivity index (χ4n) is 1.59. The van der Waals surface area contributed by atoms with Gasteiger partial charge in [-0.1, -0.05) is 0 Å². The molecular formula is C8H9BF2N2O3. The Kier molecular flexibility index (Phi) is 2.55. The molecular weight excluding hydrogens is 221 g/mol. The summed E-state index contributed by atoms with van der Waals surface area (Å²) in [6, 6.07) is 0. The zero-order valence-electron chi connectivity index (χ0n) is 8.39. The van der Waals surface area contributed by atoms with Gasteiger partial charge in [-0.05, 0) is 0 Å². The molecule has 1 atom stereocenters. The van der Waals surface area contributed by atoms with Crippen LogP contribution in [0.2, 0.25) is 0 Å². The lowest BCUT2D eigenvalue weighted by atomic mass is 9.78. The Morgan fingerprint density at radius 2 is 2.12 bits per heavy atom. The van der Waals surface area contributed by atoms with Gasteiger partial charge in [-0.2, -0.15) is 0 Å². The Hall–Kier alpha value is -1.28. The van der Waals surface area contributed by atoms with E-state index in [1.165, 1.54) is 7.11 Å². The first-order valence-electron chi connectivity index (χ1n) is 4.60. The van der Waals surface area contributed by atoms with E-state index in [-0.39, 0.29) is 23.5 Å². The summed E-state index contributed by atoms with van der Waals surface area (Å²) in [5.74, 6) is -4.01. The molecule has 5 nitrogen and oxygen atoms in total. The molecule has 1 unspecified atom stereocenters. The molecule has 1 saturated carbocycles. The van der Waals surface area contributed by atoms with Crippen molar-refractivity contribution in [1.29, 1.82) is 0 Å². The number of nitrogens with zero attached hydrogens (tertiary/aromatic N) is 2. The Morgan fingerprint density at radius 1 is 1.50 bits per heavy atom. The summed E-state index contributed by atoms with van der Waals surface area (Å²) in [4.78, 5) is 7.31. The van der Waals surface area contributed by atoms with Crippen LogP contribution in [0.25, 0.3) is 0 Å². The normalized spacial score (nSPS) is 21.7. The number of hydrogen-bond acceptors (Lipinski definition) is 5. The third-order valence-corrected chi connectivity index (χ3v) is 2.49. The Bertz CT molecular complexity index is 416. The van der Waals surface area contributed by atoms with Crippen molar-refractivity contribution in [3.8, 4) is 5.88 Å². The zero-order chi connectivity index (χ0) is 11.9. The van der Waals surface area contributed by atoms with E-state index in [1.54, 1.807) is 0 Å². The molecule has 1 heterocycles. The maximum atomic E-state index is 12.9. The molecule has 1 fully saturated rings. The number of rotatable bonds is 3. The van der Waals surface area contributed by atoms with Crippen molar-refractivity contribution in [2.24, 2.45) is 0 Å². The molecule has 0 spiro atoms. The van der Waals surface area contributed by atoms with E-state index >= 15 is 0 Å². The predicted octanol–water partition coefficient (Wildman–Crippen LogP) is -0.712. The van der Waals surface area contributed by atoms with Crippen molar-refractivity contribution in [3.63, 3.8) is 0 Å². The minimum absolute atomic E-state index is 0.0631. The number of hydrogen-bond donors (Lipinski definition) is 2. The Morgan fingerprint density at radius 3 is 2.56 bits per heavy atom. The Labute approximate surface area is 90.3 Å². The van der Waals surface area contributed by atoms with Crippen molar-refractivity contribution in [2.75, 3.05) is 7.11 Å². The molecule has 0 radical (unpaired) electrons. The standard InChI is InChI=1S/C8H9BF2N2O3/c1-16-7-5(9(14)15)6(12-3-13-7)4-2-8(4,10)11/h3-4,14-15H,2H2,1H3. The number of aromatic nitrogens is 2. The third-order valence-electron chi connectivity index (χ3n) is 2.49. The smallest absolute Gasteiger partial charge is 0.481 e. The van der Waals surface area contributed by atoms with Crippen LogP contribution < -0.4 is 10.2 Å². The van der Waals surface area contributed by atoms with Crippen LogP contribution in [-0.4, -0.2) is 40.2 Å². The lowest BCUT2D eigenvalue weighted by Crippen LogP contribution is -2.36. The van der Waals surface area contributed by atoms with Crippen molar-refractivity contribution < 1.29 is 23.6 Å². The van der Waals surface area contributed by atoms with Gasteiger partial charge in [0.2, 0.25) is 5.88 Å². The summed E-state index contributed by atoms with van der Waals surface area (Å²) >= 11 is 0. The van der Waals surface area contributed by atoms with Gasteiger partial charge in [0.25, 0.3) is 5.92 Å². The summed E-state index contributed by atoms with van der Waals surface area (Å²) in [6.07, 6.45) is 0.724. The molecule has 1 aromatic heterocycles. The van der Waals surface area contributed by atoms with E-state index in [0.29, 0.717) is 0 Å². The minimum atomic E-state index is -2.83. The van der Waals surface area contributed by atoms with Crippen LogP contribution in [0.3, 0.4) is 0 Å². The van der Waals surface area contributed by atoms with Gasteiger partial charge in [-0.25, -0.2) is 18.7 Å². The molecule has 2 N–H and O–H groups in total. The van der Waals surface area contributed by atoms with Crippen molar-refractivity contribution in [1.82, 2.24) is 9.97 Å². The number of methoxy groups -OCH3 is 1. The van der Waals surface area contributed by atoms with Crippen molar-refractivity contribution in [2.45, 2.75) is 18.3 Å². The van der Waals surface area contributed by atoms with Gasteiger partial charge in [0.1, 0.15) is 6.33 Å². The number of ether oxygens (including phenoxy) is 1.